The fourth-order valence-electron chi connectivity index (χ4n) is 1.91. The molecule has 19 heavy (non-hydrogen) atoms. The first-order valence-corrected chi connectivity index (χ1v) is 5.71. The van der Waals surface area contributed by atoms with Gasteiger partial charge in [0.25, 0.3) is 0 Å². The third-order valence-corrected chi connectivity index (χ3v) is 2.96. The number of carbonyl (C=O) groups excluding carboxylic acids is 2. The molecule has 1 atom stereocenters. The fourth-order valence-corrected chi connectivity index (χ4v) is 1.91. The minimum absolute atomic E-state index is 0.0616. The lowest BCUT2D eigenvalue weighted by Crippen LogP contribution is -2.34. The summed E-state index contributed by atoms with van der Waals surface area (Å²) in [6, 6.07) is 4.09. The summed E-state index contributed by atoms with van der Waals surface area (Å²) in [6.45, 7) is 0.194. The minimum Gasteiger partial charge on any atom is -0.380 e. The van der Waals surface area contributed by atoms with Crippen LogP contribution in [0, 0.1) is 5.92 Å². The maximum atomic E-state index is 12.5. The van der Waals surface area contributed by atoms with E-state index in [4.69, 9.17) is 4.74 Å². The van der Waals surface area contributed by atoms with Crippen LogP contribution in [0.2, 0.25) is 0 Å². The molecule has 102 valence electrons. The number of ketones is 2. The number of ether oxygens (including phenoxy) is 1. The molecule has 0 spiro atoms. The average molecular weight is 272 g/mol. The molecule has 6 heteroatoms. The first kappa shape index (κ1) is 13.7. The molecule has 1 aliphatic rings. The predicted molar refractivity (Wildman–Crippen MR) is 59.7 cm³/mol. The van der Waals surface area contributed by atoms with Gasteiger partial charge in [-0.25, -0.2) is 0 Å². The largest absolute Gasteiger partial charge is 0.416 e. The fraction of sp³-hybridized carbons (Fsp3) is 0.385. The molecule has 3 nitrogen and oxygen atoms in total. The van der Waals surface area contributed by atoms with Crippen LogP contribution in [0.5, 0.6) is 0 Å². The molecule has 1 unspecified atom stereocenters. The van der Waals surface area contributed by atoms with Crippen LogP contribution in [0.3, 0.4) is 0 Å². The Bertz CT molecular complexity index is 508. The van der Waals surface area contributed by atoms with Crippen molar-refractivity contribution in [2.24, 2.45) is 5.92 Å². The maximum Gasteiger partial charge on any atom is 0.416 e. The summed E-state index contributed by atoms with van der Waals surface area (Å²) in [7, 11) is 0. The molecule has 1 heterocycles. The Labute approximate surface area is 107 Å². The van der Waals surface area contributed by atoms with Crippen LogP contribution in [0.25, 0.3) is 0 Å². The van der Waals surface area contributed by atoms with E-state index >= 15 is 0 Å². The zero-order valence-electron chi connectivity index (χ0n) is 9.87. The van der Waals surface area contributed by atoms with E-state index in [1.54, 1.807) is 0 Å². The highest BCUT2D eigenvalue weighted by Gasteiger charge is 2.34. The van der Waals surface area contributed by atoms with E-state index in [0.29, 0.717) is 0 Å². The number of rotatable bonds is 2. The summed E-state index contributed by atoms with van der Waals surface area (Å²) in [5.74, 6) is -1.89. The highest BCUT2D eigenvalue weighted by Crippen LogP contribution is 2.30. The number of alkyl halides is 3. The lowest BCUT2D eigenvalue weighted by Gasteiger charge is -2.20. The van der Waals surface area contributed by atoms with E-state index in [1.807, 2.05) is 0 Å². The number of carbonyl (C=O) groups is 2. The van der Waals surface area contributed by atoms with Crippen LogP contribution in [0.15, 0.2) is 24.3 Å². The molecule has 0 aliphatic carbocycles. The standard InChI is InChI=1S/C13H11F3O3/c14-13(15,16)9-3-1-2-8(6-9)12(18)10-7-19-5-4-11(10)17/h1-3,6,10H,4-5,7H2. The lowest BCUT2D eigenvalue weighted by atomic mass is 9.91. The van der Waals surface area contributed by atoms with Gasteiger partial charge in [0.2, 0.25) is 0 Å². The van der Waals surface area contributed by atoms with Crippen molar-refractivity contribution in [3.05, 3.63) is 35.4 Å². The van der Waals surface area contributed by atoms with Gasteiger partial charge in [0, 0.05) is 12.0 Å². The quantitative estimate of drug-likeness (QED) is 0.613. The summed E-state index contributed by atoms with van der Waals surface area (Å²) in [6.07, 6.45) is -4.39. The first-order valence-electron chi connectivity index (χ1n) is 5.71. The zero-order chi connectivity index (χ0) is 14.0. The first-order chi connectivity index (χ1) is 8.89. The maximum absolute atomic E-state index is 12.5. The molecule has 1 fully saturated rings. The summed E-state index contributed by atoms with van der Waals surface area (Å²) in [4.78, 5) is 23.6. The van der Waals surface area contributed by atoms with E-state index in [2.05, 4.69) is 0 Å². The Balaban J connectivity index is 2.26. The van der Waals surface area contributed by atoms with Crippen LogP contribution in [-0.2, 0) is 15.7 Å². The summed E-state index contributed by atoms with van der Waals surface area (Å²) >= 11 is 0. The monoisotopic (exact) mass is 272 g/mol. The van der Waals surface area contributed by atoms with Gasteiger partial charge in [0.15, 0.2) is 5.78 Å². The normalized spacial score (nSPS) is 20.4. The molecular weight excluding hydrogens is 261 g/mol. The van der Waals surface area contributed by atoms with E-state index < -0.39 is 23.4 Å². The molecule has 0 bridgehead atoms. The van der Waals surface area contributed by atoms with Crippen LogP contribution in [0.4, 0.5) is 13.2 Å². The zero-order valence-corrected chi connectivity index (χ0v) is 9.87. The van der Waals surface area contributed by atoms with Gasteiger partial charge in [-0.15, -0.1) is 0 Å². The number of halogens is 3. The Morgan fingerprint density at radius 2 is 2.05 bits per heavy atom. The topological polar surface area (TPSA) is 43.4 Å². The molecule has 1 aromatic rings. The van der Waals surface area contributed by atoms with Crippen molar-refractivity contribution < 1.29 is 27.5 Å². The smallest absolute Gasteiger partial charge is 0.380 e. The second-order valence-electron chi connectivity index (χ2n) is 4.29. The highest BCUT2D eigenvalue weighted by molar-refractivity contribution is 6.11. The van der Waals surface area contributed by atoms with Crippen molar-refractivity contribution in [2.45, 2.75) is 12.6 Å². The van der Waals surface area contributed by atoms with Gasteiger partial charge in [-0.2, -0.15) is 13.2 Å². The van der Waals surface area contributed by atoms with Crippen LogP contribution < -0.4 is 0 Å². The minimum atomic E-state index is -4.51. The second kappa shape index (κ2) is 5.13. The van der Waals surface area contributed by atoms with Crippen molar-refractivity contribution in [2.75, 3.05) is 13.2 Å². The van der Waals surface area contributed by atoms with E-state index in [9.17, 15) is 22.8 Å². The number of hydrogen-bond donors (Lipinski definition) is 0. The Morgan fingerprint density at radius 1 is 1.32 bits per heavy atom. The predicted octanol–water partition coefficient (Wildman–Crippen LogP) is 2.49. The Kier molecular flexibility index (Phi) is 3.71. The highest BCUT2D eigenvalue weighted by atomic mass is 19.4. The van der Waals surface area contributed by atoms with Crippen molar-refractivity contribution in [1.82, 2.24) is 0 Å². The average Bonchev–Trinajstić information content (AvgIpc) is 2.38. The molecule has 0 saturated carbocycles. The van der Waals surface area contributed by atoms with Gasteiger partial charge in [-0.05, 0) is 12.1 Å². The molecule has 1 aliphatic heterocycles. The van der Waals surface area contributed by atoms with Crippen molar-refractivity contribution >= 4 is 11.6 Å². The van der Waals surface area contributed by atoms with Gasteiger partial charge in [0.1, 0.15) is 11.7 Å². The molecule has 1 saturated heterocycles. The third-order valence-electron chi connectivity index (χ3n) is 2.96. The Hall–Kier alpha value is -1.69. The van der Waals surface area contributed by atoms with Gasteiger partial charge in [-0.3, -0.25) is 9.59 Å². The van der Waals surface area contributed by atoms with Gasteiger partial charge < -0.3 is 4.74 Å². The number of Topliss-reactive ketones (excluding diaryl/α,β-unsaturated/α-hetero) is 2. The van der Waals surface area contributed by atoms with Crippen molar-refractivity contribution in [3.8, 4) is 0 Å². The van der Waals surface area contributed by atoms with Crippen LogP contribution in [-0.4, -0.2) is 24.8 Å². The second-order valence-corrected chi connectivity index (χ2v) is 4.29. The molecule has 1 aromatic carbocycles. The SMILES string of the molecule is O=C1CCOCC1C(=O)c1cccc(C(F)(F)F)c1. The summed E-state index contributed by atoms with van der Waals surface area (Å²) in [5.41, 5.74) is -1.01. The molecule has 0 amide bonds. The molecule has 2 rings (SSSR count). The lowest BCUT2D eigenvalue weighted by molar-refractivity contribution is -0.137. The van der Waals surface area contributed by atoms with E-state index in [0.717, 1.165) is 18.2 Å². The van der Waals surface area contributed by atoms with Crippen LogP contribution in [0.1, 0.15) is 22.3 Å². The van der Waals surface area contributed by atoms with Gasteiger partial charge >= 0.3 is 6.18 Å². The summed E-state index contributed by atoms with van der Waals surface area (Å²) in [5, 5.41) is 0. The molecule has 0 N–H and O–H groups in total. The van der Waals surface area contributed by atoms with E-state index in [1.165, 1.54) is 6.07 Å². The molecule has 0 aromatic heterocycles. The molecular formula is C13H11F3O3. The van der Waals surface area contributed by atoms with Crippen molar-refractivity contribution in [1.29, 1.82) is 0 Å². The summed E-state index contributed by atoms with van der Waals surface area (Å²) < 4.78 is 42.7. The van der Waals surface area contributed by atoms with Gasteiger partial charge in [0.05, 0.1) is 18.8 Å². The third kappa shape index (κ3) is 3.01. The molecule has 0 radical (unpaired) electrons. The number of benzene rings is 1. The van der Waals surface area contributed by atoms with E-state index in [-0.39, 0.29) is 31.0 Å². The Morgan fingerprint density at radius 3 is 2.68 bits per heavy atom. The van der Waals surface area contributed by atoms with Crippen LogP contribution >= 0.6 is 0 Å². The van der Waals surface area contributed by atoms with Crippen molar-refractivity contribution in [3.63, 3.8) is 0 Å². The number of hydrogen-bond acceptors (Lipinski definition) is 3. The van der Waals surface area contributed by atoms with Gasteiger partial charge in [-0.1, -0.05) is 12.1 Å².